The highest BCUT2D eigenvalue weighted by Crippen LogP contribution is 2.29. The summed E-state index contributed by atoms with van der Waals surface area (Å²) >= 11 is 0. The quantitative estimate of drug-likeness (QED) is 0.789. The first-order valence-electron chi connectivity index (χ1n) is 5.41. The average molecular weight is 222 g/mol. The first-order valence-corrected chi connectivity index (χ1v) is 5.41. The van der Waals surface area contributed by atoms with Gasteiger partial charge in [0.05, 0.1) is 0 Å². The van der Waals surface area contributed by atoms with Crippen molar-refractivity contribution in [2.45, 2.75) is 25.8 Å². The van der Waals surface area contributed by atoms with Gasteiger partial charge in [-0.3, -0.25) is 14.7 Å². The first kappa shape index (κ1) is 12.6. The number of rotatable bonds is 1. The molecule has 1 aliphatic heterocycles. The second-order valence-corrected chi connectivity index (χ2v) is 3.94. The van der Waals surface area contributed by atoms with E-state index < -0.39 is 5.97 Å². The SMILES string of the molecule is CC(=O)O.CN1CCCC1c1cccnc1. The van der Waals surface area contributed by atoms with Crippen LogP contribution >= 0.6 is 0 Å². The number of aliphatic carboxylic acids is 1. The van der Waals surface area contributed by atoms with Crippen LogP contribution < -0.4 is 0 Å². The zero-order valence-corrected chi connectivity index (χ0v) is 9.76. The molecular weight excluding hydrogens is 204 g/mol. The van der Waals surface area contributed by atoms with E-state index in [4.69, 9.17) is 9.90 Å². The van der Waals surface area contributed by atoms with E-state index in [1.165, 1.54) is 24.9 Å². The number of carbonyl (C=O) groups is 1. The molecule has 4 heteroatoms. The van der Waals surface area contributed by atoms with E-state index in [2.05, 4.69) is 23.0 Å². The summed E-state index contributed by atoms with van der Waals surface area (Å²) in [7, 11) is 2.19. The number of carboxylic acid groups (broad SMARTS) is 1. The lowest BCUT2D eigenvalue weighted by molar-refractivity contribution is -0.134. The lowest BCUT2D eigenvalue weighted by atomic mass is 10.1. The van der Waals surface area contributed by atoms with Crippen molar-refractivity contribution in [2.24, 2.45) is 0 Å². The fourth-order valence-electron chi connectivity index (χ4n) is 1.90. The third-order valence-corrected chi connectivity index (χ3v) is 2.59. The van der Waals surface area contributed by atoms with Crippen molar-refractivity contribution in [1.82, 2.24) is 9.88 Å². The molecule has 1 fully saturated rings. The molecule has 88 valence electrons. The topological polar surface area (TPSA) is 53.4 Å². The van der Waals surface area contributed by atoms with Gasteiger partial charge in [-0.05, 0) is 38.1 Å². The molecule has 1 aromatic heterocycles. The van der Waals surface area contributed by atoms with Crippen LogP contribution in [0.1, 0.15) is 31.4 Å². The molecule has 16 heavy (non-hydrogen) atoms. The third kappa shape index (κ3) is 3.98. The number of carboxylic acids is 1. The van der Waals surface area contributed by atoms with Crippen LogP contribution in [-0.4, -0.2) is 34.6 Å². The van der Waals surface area contributed by atoms with Gasteiger partial charge in [0.2, 0.25) is 0 Å². The standard InChI is InChI=1S/C10H14N2.C2H4O2/c1-12-7-3-5-10(12)9-4-2-6-11-8-9;1-2(3)4/h2,4,6,8,10H,3,5,7H2,1H3;1H3,(H,3,4). The largest absolute Gasteiger partial charge is 0.481 e. The van der Waals surface area contributed by atoms with Gasteiger partial charge in [-0.25, -0.2) is 0 Å². The van der Waals surface area contributed by atoms with E-state index in [9.17, 15) is 0 Å². The van der Waals surface area contributed by atoms with E-state index in [1.54, 1.807) is 0 Å². The molecule has 2 rings (SSSR count). The van der Waals surface area contributed by atoms with E-state index in [0.717, 1.165) is 6.92 Å². The fourth-order valence-corrected chi connectivity index (χ4v) is 1.90. The van der Waals surface area contributed by atoms with Gasteiger partial charge in [0.25, 0.3) is 5.97 Å². The van der Waals surface area contributed by atoms with Crippen molar-refractivity contribution < 1.29 is 9.90 Å². The number of aromatic nitrogens is 1. The maximum atomic E-state index is 9.00. The molecule has 2 heterocycles. The summed E-state index contributed by atoms with van der Waals surface area (Å²) in [6.45, 7) is 2.31. The van der Waals surface area contributed by atoms with Crippen molar-refractivity contribution in [3.8, 4) is 0 Å². The average Bonchev–Trinajstić information content (AvgIpc) is 2.65. The second kappa shape index (κ2) is 6.23. The summed E-state index contributed by atoms with van der Waals surface area (Å²) in [4.78, 5) is 15.5. The van der Waals surface area contributed by atoms with Crippen LogP contribution in [0.3, 0.4) is 0 Å². The first-order chi connectivity index (χ1) is 7.61. The molecule has 4 nitrogen and oxygen atoms in total. The lowest BCUT2D eigenvalue weighted by Crippen LogP contribution is -2.17. The summed E-state index contributed by atoms with van der Waals surface area (Å²) in [6.07, 6.45) is 6.41. The van der Waals surface area contributed by atoms with E-state index in [-0.39, 0.29) is 0 Å². The monoisotopic (exact) mass is 222 g/mol. The molecule has 0 saturated carbocycles. The Morgan fingerprint density at radius 1 is 1.62 bits per heavy atom. The number of hydrogen-bond acceptors (Lipinski definition) is 3. The van der Waals surface area contributed by atoms with Crippen molar-refractivity contribution in [1.29, 1.82) is 0 Å². The van der Waals surface area contributed by atoms with Crippen molar-refractivity contribution >= 4 is 5.97 Å². The highest BCUT2D eigenvalue weighted by Gasteiger charge is 2.21. The third-order valence-electron chi connectivity index (χ3n) is 2.59. The molecule has 0 radical (unpaired) electrons. The highest BCUT2D eigenvalue weighted by molar-refractivity contribution is 5.62. The molecule has 1 saturated heterocycles. The normalized spacial score (nSPS) is 20.0. The van der Waals surface area contributed by atoms with E-state index in [1.807, 2.05) is 18.5 Å². The minimum atomic E-state index is -0.833. The van der Waals surface area contributed by atoms with Crippen molar-refractivity contribution in [3.63, 3.8) is 0 Å². The van der Waals surface area contributed by atoms with Gasteiger partial charge < -0.3 is 5.11 Å². The molecule has 0 bridgehead atoms. The Hall–Kier alpha value is -1.42. The predicted molar refractivity (Wildman–Crippen MR) is 62.2 cm³/mol. The minimum Gasteiger partial charge on any atom is -0.481 e. The van der Waals surface area contributed by atoms with Gasteiger partial charge in [-0.2, -0.15) is 0 Å². The summed E-state index contributed by atoms with van der Waals surface area (Å²) in [5.74, 6) is -0.833. The van der Waals surface area contributed by atoms with E-state index >= 15 is 0 Å². The maximum Gasteiger partial charge on any atom is 0.300 e. The van der Waals surface area contributed by atoms with Crippen LogP contribution in [0, 0.1) is 0 Å². The van der Waals surface area contributed by atoms with Crippen LogP contribution in [0.2, 0.25) is 0 Å². The Morgan fingerprint density at radius 3 is 2.75 bits per heavy atom. The smallest absolute Gasteiger partial charge is 0.300 e. The Morgan fingerprint density at radius 2 is 2.31 bits per heavy atom. The molecule has 0 amide bonds. The van der Waals surface area contributed by atoms with Crippen LogP contribution in [0.15, 0.2) is 24.5 Å². The summed E-state index contributed by atoms with van der Waals surface area (Å²) in [5, 5.41) is 7.42. The molecular formula is C12H18N2O2. The van der Waals surface area contributed by atoms with Gasteiger partial charge in [0.15, 0.2) is 0 Å². The molecule has 0 aliphatic carbocycles. The Balaban J connectivity index is 0.000000280. The number of nitrogens with zero attached hydrogens (tertiary/aromatic N) is 2. The Bertz CT molecular complexity index is 323. The molecule has 1 unspecified atom stereocenters. The van der Waals surface area contributed by atoms with Crippen molar-refractivity contribution in [2.75, 3.05) is 13.6 Å². The summed E-state index contributed by atoms with van der Waals surface area (Å²) < 4.78 is 0. The molecule has 0 spiro atoms. The van der Waals surface area contributed by atoms with E-state index in [0.29, 0.717) is 6.04 Å². The van der Waals surface area contributed by atoms with Crippen LogP contribution in [0.5, 0.6) is 0 Å². The zero-order valence-electron chi connectivity index (χ0n) is 9.76. The van der Waals surface area contributed by atoms with Crippen LogP contribution in [0.4, 0.5) is 0 Å². The summed E-state index contributed by atoms with van der Waals surface area (Å²) in [6, 6.07) is 4.79. The van der Waals surface area contributed by atoms with Gasteiger partial charge in [-0.15, -0.1) is 0 Å². The van der Waals surface area contributed by atoms with Crippen molar-refractivity contribution in [3.05, 3.63) is 30.1 Å². The fraction of sp³-hybridized carbons (Fsp3) is 0.500. The minimum absolute atomic E-state index is 0.610. The number of pyridine rings is 1. The molecule has 1 aromatic rings. The summed E-state index contributed by atoms with van der Waals surface area (Å²) in [5.41, 5.74) is 1.36. The van der Waals surface area contributed by atoms with Gasteiger partial charge in [0, 0.05) is 25.4 Å². The van der Waals surface area contributed by atoms with Gasteiger partial charge in [0.1, 0.15) is 0 Å². The van der Waals surface area contributed by atoms with Crippen LogP contribution in [-0.2, 0) is 4.79 Å². The zero-order chi connectivity index (χ0) is 12.0. The molecule has 1 N–H and O–H groups in total. The maximum absolute atomic E-state index is 9.00. The van der Waals surface area contributed by atoms with Crippen LogP contribution in [0.25, 0.3) is 0 Å². The highest BCUT2D eigenvalue weighted by atomic mass is 16.4. The predicted octanol–water partition coefficient (Wildman–Crippen LogP) is 1.94. The number of hydrogen-bond donors (Lipinski definition) is 1. The molecule has 1 atom stereocenters. The molecule has 1 aliphatic rings. The lowest BCUT2D eigenvalue weighted by Gasteiger charge is -2.18. The van der Waals surface area contributed by atoms with Gasteiger partial charge in [-0.1, -0.05) is 6.07 Å². The molecule has 0 aromatic carbocycles. The Kier molecular flexibility index (Phi) is 4.92. The second-order valence-electron chi connectivity index (χ2n) is 3.94. The number of likely N-dealkylation sites (tertiary alicyclic amines) is 1. The van der Waals surface area contributed by atoms with Gasteiger partial charge >= 0.3 is 0 Å². The Labute approximate surface area is 95.9 Å².